The maximum Gasteiger partial charge on any atom is 0.405 e. The number of rotatable bonds is 4. The first-order valence-corrected chi connectivity index (χ1v) is 5.12. The van der Waals surface area contributed by atoms with E-state index in [1.807, 2.05) is 6.92 Å². The molecule has 1 aromatic heterocycles. The predicted octanol–water partition coefficient (Wildman–Crippen LogP) is 3.06. The van der Waals surface area contributed by atoms with Crippen molar-refractivity contribution in [3.8, 4) is 0 Å². The zero-order valence-electron chi connectivity index (χ0n) is 8.60. The van der Waals surface area contributed by atoms with Crippen LogP contribution in [0.3, 0.4) is 0 Å². The van der Waals surface area contributed by atoms with Crippen molar-refractivity contribution >= 4 is 17.4 Å². The maximum absolute atomic E-state index is 12.0. The van der Waals surface area contributed by atoms with Gasteiger partial charge in [0.05, 0.1) is 0 Å². The Morgan fingerprint density at radius 2 is 2.06 bits per heavy atom. The zero-order valence-corrected chi connectivity index (χ0v) is 9.36. The Kier molecular flexibility index (Phi) is 4.35. The monoisotopic (exact) mass is 253 g/mol. The minimum Gasteiger partial charge on any atom is -0.361 e. The Bertz CT molecular complexity index is 354. The number of anilines is 1. The summed E-state index contributed by atoms with van der Waals surface area (Å²) >= 11 is 5.79. The topological polar surface area (TPSA) is 37.8 Å². The molecule has 7 heteroatoms. The number of nitrogens with zero attached hydrogens (tertiary/aromatic N) is 2. The molecule has 0 spiro atoms. The summed E-state index contributed by atoms with van der Waals surface area (Å²) in [6, 6.07) is 0. The van der Waals surface area contributed by atoms with Gasteiger partial charge in [-0.15, -0.1) is 0 Å². The van der Waals surface area contributed by atoms with Crippen LogP contribution in [0.4, 0.5) is 19.0 Å². The van der Waals surface area contributed by atoms with Crippen LogP contribution < -0.4 is 5.32 Å². The minimum atomic E-state index is -4.28. The second-order valence-electron chi connectivity index (χ2n) is 3.21. The third-order valence-electron chi connectivity index (χ3n) is 1.85. The second-order valence-corrected chi connectivity index (χ2v) is 3.57. The summed E-state index contributed by atoms with van der Waals surface area (Å²) in [5.74, 6) is 0.152. The molecule has 0 saturated carbocycles. The lowest BCUT2D eigenvalue weighted by molar-refractivity contribution is -0.115. The van der Waals surface area contributed by atoms with Crippen LogP contribution in [0.5, 0.6) is 0 Å². The first kappa shape index (κ1) is 13.0. The number of alkyl halides is 3. The summed E-state index contributed by atoms with van der Waals surface area (Å²) in [6.45, 7) is 0.772. The van der Waals surface area contributed by atoms with E-state index in [-0.39, 0.29) is 11.0 Å². The first-order chi connectivity index (χ1) is 7.44. The van der Waals surface area contributed by atoms with E-state index in [0.29, 0.717) is 12.0 Å². The average molecular weight is 254 g/mol. The number of aromatic nitrogens is 2. The number of halogens is 4. The molecular weight excluding hydrogens is 243 g/mol. The first-order valence-electron chi connectivity index (χ1n) is 4.74. The highest BCUT2D eigenvalue weighted by Gasteiger charge is 2.27. The van der Waals surface area contributed by atoms with Gasteiger partial charge < -0.3 is 5.32 Å². The minimum absolute atomic E-state index is 0.152. The summed E-state index contributed by atoms with van der Waals surface area (Å²) in [6.07, 6.45) is -1.84. The zero-order chi connectivity index (χ0) is 12.2. The molecule has 1 aromatic rings. The molecule has 1 heterocycles. The van der Waals surface area contributed by atoms with Crippen molar-refractivity contribution in [2.45, 2.75) is 25.9 Å². The molecule has 0 fully saturated rings. The van der Waals surface area contributed by atoms with Gasteiger partial charge in [0.2, 0.25) is 0 Å². The predicted molar refractivity (Wildman–Crippen MR) is 55.6 cm³/mol. The fourth-order valence-corrected chi connectivity index (χ4v) is 1.43. The average Bonchev–Trinajstić information content (AvgIpc) is 2.18. The van der Waals surface area contributed by atoms with Gasteiger partial charge in [-0.05, 0) is 6.42 Å². The Morgan fingerprint density at radius 3 is 2.62 bits per heavy atom. The third-order valence-corrected chi connectivity index (χ3v) is 2.17. The molecule has 1 rings (SSSR count). The molecule has 0 unspecified atom stereocenters. The molecule has 90 valence electrons. The molecule has 0 atom stereocenters. The molecule has 3 nitrogen and oxygen atoms in total. The van der Waals surface area contributed by atoms with Crippen molar-refractivity contribution in [3.63, 3.8) is 0 Å². The summed E-state index contributed by atoms with van der Waals surface area (Å²) in [5.41, 5.74) is 0.524. The van der Waals surface area contributed by atoms with E-state index >= 15 is 0 Å². The Hall–Kier alpha value is -1.04. The van der Waals surface area contributed by atoms with Gasteiger partial charge in [0, 0.05) is 5.56 Å². The van der Waals surface area contributed by atoms with Crippen molar-refractivity contribution in [2.24, 2.45) is 0 Å². The highest BCUT2D eigenvalue weighted by molar-refractivity contribution is 6.30. The van der Waals surface area contributed by atoms with Gasteiger partial charge >= 0.3 is 6.18 Å². The van der Waals surface area contributed by atoms with Crippen molar-refractivity contribution in [2.75, 3.05) is 11.9 Å². The SMILES string of the molecule is CCCc1c(Cl)ncnc1NCC(F)(F)F. The molecule has 16 heavy (non-hydrogen) atoms. The van der Waals surface area contributed by atoms with E-state index in [1.54, 1.807) is 0 Å². The Labute approximate surface area is 96.0 Å². The fraction of sp³-hybridized carbons (Fsp3) is 0.556. The third kappa shape index (κ3) is 3.84. The summed E-state index contributed by atoms with van der Waals surface area (Å²) < 4.78 is 36.1. The lowest BCUT2D eigenvalue weighted by Gasteiger charge is -2.12. The van der Waals surface area contributed by atoms with E-state index < -0.39 is 12.7 Å². The van der Waals surface area contributed by atoms with E-state index in [4.69, 9.17) is 11.6 Å². The van der Waals surface area contributed by atoms with E-state index in [0.717, 1.165) is 12.7 Å². The van der Waals surface area contributed by atoms with Gasteiger partial charge in [-0.1, -0.05) is 24.9 Å². The van der Waals surface area contributed by atoms with Crippen LogP contribution in [0.15, 0.2) is 6.33 Å². The highest BCUT2D eigenvalue weighted by atomic mass is 35.5. The van der Waals surface area contributed by atoms with Crippen LogP contribution in [0.1, 0.15) is 18.9 Å². The highest BCUT2D eigenvalue weighted by Crippen LogP contribution is 2.23. The van der Waals surface area contributed by atoms with Gasteiger partial charge in [-0.2, -0.15) is 13.2 Å². The summed E-state index contributed by atoms with van der Waals surface area (Å²) in [7, 11) is 0. The summed E-state index contributed by atoms with van der Waals surface area (Å²) in [4.78, 5) is 7.49. The molecule has 0 saturated heterocycles. The van der Waals surface area contributed by atoms with Crippen LogP contribution in [0, 0.1) is 0 Å². The van der Waals surface area contributed by atoms with Crippen LogP contribution >= 0.6 is 11.6 Å². The van der Waals surface area contributed by atoms with Crippen LogP contribution in [-0.2, 0) is 6.42 Å². The van der Waals surface area contributed by atoms with Crippen LogP contribution in [0.25, 0.3) is 0 Å². The lowest BCUT2D eigenvalue weighted by Crippen LogP contribution is -2.22. The molecular formula is C9H11ClF3N3. The number of hydrogen-bond donors (Lipinski definition) is 1. The smallest absolute Gasteiger partial charge is 0.361 e. The summed E-state index contributed by atoms with van der Waals surface area (Å²) in [5, 5.41) is 2.41. The standard InChI is InChI=1S/C9H11ClF3N3/c1-2-3-6-7(10)15-5-16-8(6)14-4-9(11,12)13/h5H,2-4H2,1H3,(H,14,15,16). The van der Waals surface area contributed by atoms with E-state index in [9.17, 15) is 13.2 Å². The Morgan fingerprint density at radius 1 is 1.38 bits per heavy atom. The molecule has 1 N–H and O–H groups in total. The molecule has 0 amide bonds. The van der Waals surface area contributed by atoms with E-state index in [2.05, 4.69) is 15.3 Å². The van der Waals surface area contributed by atoms with Gasteiger partial charge in [0.1, 0.15) is 23.8 Å². The van der Waals surface area contributed by atoms with Gasteiger partial charge in [-0.25, -0.2) is 9.97 Å². The van der Waals surface area contributed by atoms with Crippen LogP contribution in [-0.4, -0.2) is 22.7 Å². The van der Waals surface area contributed by atoms with Gasteiger partial charge in [-0.3, -0.25) is 0 Å². The van der Waals surface area contributed by atoms with Gasteiger partial charge in [0.15, 0.2) is 0 Å². The largest absolute Gasteiger partial charge is 0.405 e. The van der Waals surface area contributed by atoms with Crippen molar-refractivity contribution in [3.05, 3.63) is 17.0 Å². The maximum atomic E-state index is 12.0. The quantitative estimate of drug-likeness (QED) is 0.838. The molecule has 0 aliphatic heterocycles. The molecule has 0 aromatic carbocycles. The normalized spacial score (nSPS) is 11.6. The van der Waals surface area contributed by atoms with Crippen LogP contribution in [0.2, 0.25) is 5.15 Å². The van der Waals surface area contributed by atoms with Gasteiger partial charge in [0.25, 0.3) is 0 Å². The van der Waals surface area contributed by atoms with Crippen molar-refractivity contribution < 1.29 is 13.2 Å². The Balaban J connectivity index is 2.82. The van der Waals surface area contributed by atoms with Crippen molar-refractivity contribution in [1.29, 1.82) is 0 Å². The second kappa shape index (κ2) is 5.34. The lowest BCUT2D eigenvalue weighted by atomic mass is 10.2. The van der Waals surface area contributed by atoms with Crippen molar-refractivity contribution in [1.82, 2.24) is 9.97 Å². The number of nitrogens with one attached hydrogen (secondary N) is 1. The molecule has 0 aliphatic carbocycles. The molecule has 0 aliphatic rings. The molecule has 0 bridgehead atoms. The van der Waals surface area contributed by atoms with E-state index in [1.165, 1.54) is 0 Å². The fourth-order valence-electron chi connectivity index (χ4n) is 1.20. The molecule has 0 radical (unpaired) electrons. The number of hydrogen-bond acceptors (Lipinski definition) is 3.